The van der Waals surface area contributed by atoms with Crippen LogP contribution in [0.2, 0.25) is 0 Å². The maximum atomic E-state index is 12.1. The van der Waals surface area contributed by atoms with Crippen LogP contribution in [-0.2, 0) is 26.7 Å². The number of nitrogens with zero attached hydrogens (tertiary/aromatic N) is 5. The van der Waals surface area contributed by atoms with E-state index in [-0.39, 0.29) is 18.2 Å². The lowest BCUT2D eigenvalue weighted by atomic mass is 9.97. The van der Waals surface area contributed by atoms with Gasteiger partial charge in [0.25, 0.3) is 0 Å². The fourth-order valence-electron chi connectivity index (χ4n) is 3.87. The number of hydrogen-bond donors (Lipinski definition) is 2. The second-order valence-electron chi connectivity index (χ2n) is 7.99. The van der Waals surface area contributed by atoms with E-state index in [2.05, 4.69) is 10.3 Å². The molecule has 4 aromatic rings. The Hall–Kier alpha value is -3.39. The van der Waals surface area contributed by atoms with E-state index < -0.39 is 0 Å². The van der Waals surface area contributed by atoms with Crippen LogP contribution in [0.25, 0.3) is 22.2 Å². The molecule has 8 heteroatoms. The summed E-state index contributed by atoms with van der Waals surface area (Å²) < 4.78 is 4.60. The van der Waals surface area contributed by atoms with Crippen molar-refractivity contribution in [1.29, 1.82) is 0 Å². The molecule has 0 saturated heterocycles. The van der Waals surface area contributed by atoms with Crippen LogP contribution in [-0.4, -0.2) is 34.3 Å². The molecule has 1 saturated carbocycles. The van der Waals surface area contributed by atoms with Gasteiger partial charge < -0.3 is 10.2 Å². The summed E-state index contributed by atoms with van der Waals surface area (Å²) in [6.45, 7) is 1.13. The molecule has 0 bridgehead atoms. The molecule has 2 aromatic heterocycles. The first-order valence-corrected chi connectivity index (χ1v) is 10.1. The highest BCUT2D eigenvalue weighted by atomic mass is 16.3. The zero-order valence-electron chi connectivity index (χ0n) is 16.7. The van der Waals surface area contributed by atoms with Gasteiger partial charge in [0, 0.05) is 19.2 Å². The zero-order valence-corrected chi connectivity index (χ0v) is 16.7. The third-order valence-corrected chi connectivity index (χ3v) is 5.84. The number of aromatic nitrogens is 5. The molecule has 1 aliphatic rings. The van der Waals surface area contributed by atoms with Crippen molar-refractivity contribution in [2.24, 2.45) is 13.0 Å². The highest BCUT2D eigenvalue weighted by molar-refractivity contribution is 5.86. The Kier molecular flexibility index (Phi) is 4.43. The standard InChI is InChI=1S/C22H23N5O3/c1-25-20(29)12-26(22(25)30)10-14-4-6-16(7-5-14)17-8-9-19-21(18(17)13-28)23-24-27(19)11-15-2-3-15/h4-9,12,15,28-29H,2-3,10-11,13H2,1H3. The summed E-state index contributed by atoms with van der Waals surface area (Å²) in [6, 6.07) is 11.9. The van der Waals surface area contributed by atoms with Crippen LogP contribution < -0.4 is 5.69 Å². The average molecular weight is 405 g/mol. The van der Waals surface area contributed by atoms with Crippen molar-refractivity contribution < 1.29 is 10.2 Å². The van der Waals surface area contributed by atoms with E-state index >= 15 is 0 Å². The molecule has 2 aromatic carbocycles. The summed E-state index contributed by atoms with van der Waals surface area (Å²) in [5.74, 6) is 0.631. The first kappa shape index (κ1) is 18.6. The number of aliphatic hydroxyl groups excluding tert-OH is 1. The van der Waals surface area contributed by atoms with Gasteiger partial charge in [-0.2, -0.15) is 0 Å². The summed E-state index contributed by atoms with van der Waals surface area (Å²) in [4.78, 5) is 12.1. The number of benzene rings is 2. The molecule has 0 aliphatic heterocycles. The number of aromatic hydroxyl groups is 1. The summed E-state index contributed by atoms with van der Waals surface area (Å²) in [6.07, 6.45) is 3.92. The minimum atomic E-state index is -0.265. The molecular formula is C22H23N5O3. The van der Waals surface area contributed by atoms with Crippen molar-refractivity contribution in [2.45, 2.75) is 32.5 Å². The van der Waals surface area contributed by atoms with Crippen LogP contribution in [0.3, 0.4) is 0 Å². The largest absolute Gasteiger partial charge is 0.493 e. The summed E-state index contributed by atoms with van der Waals surface area (Å²) in [7, 11) is 1.53. The van der Waals surface area contributed by atoms with Gasteiger partial charge in [-0.25, -0.2) is 9.48 Å². The van der Waals surface area contributed by atoms with Crippen LogP contribution in [0.4, 0.5) is 0 Å². The molecule has 0 atom stereocenters. The number of hydrogen-bond acceptors (Lipinski definition) is 5. The number of imidazole rings is 1. The molecule has 30 heavy (non-hydrogen) atoms. The van der Waals surface area contributed by atoms with Gasteiger partial charge in [0.05, 0.1) is 24.9 Å². The molecule has 1 aliphatic carbocycles. The second-order valence-corrected chi connectivity index (χ2v) is 7.99. The van der Waals surface area contributed by atoms with Crippen LogP contribution in [0.1, 0.15) is 24.0 Å². The van der Waals surface area contributed by atoms with Gasteiger partial charge >= 0.3 is 5.69 Å². The highest BCUT2D eigenvalue weighted by Crippen LogP contribution is 2.33. The molecule has 0 radical (unpaired) electrons. The molecule has 0 spiro atoms. The van der Waals surface area contributed by atoms with Gasteiger partial charge in [-0.15, -0.1) is 5.10 Å². The van der Waals surface area contributed by atoms with E-state index in [9.17, 15) is 15.0 Å². The monoisotopic (exact) mass is 405 g/mol. The van der Waals surface area contributed by atoms with Gasteiger partial charge in [0.15, 0.2) is 0 Å². The van der Waals surface area contributed by atoms with Gasteiger partial charge in [-0.05, 0) is 41.5 Å². The van der Waals surface area contributed by atoms with Gasteiger partial charge in [-0.1, -0.05) is 35.5 Å². The van der Waals surface area contributed by atoms with Crippen molar-refractivity contribution >= 4 is 11.0 Å². The maximum absolute atomic E-state index is 12.1. The quantitative estimate of drug-likeness (QED) is 0.513. The van der Waals surface area contributed by atoms with Crippen molar-refractivity contribution in [1.82, 2.24) is 24.1 Å². The fourth-order valence-corrected chi connectivity index (χ4v) is 3.87. The minimum absolute atomic E-state index is 0.0627. The van der Waals surface area contributed by atoms with E-state index in [0.717, 1.165) is 39.8 Å². The summed E-state index contributed by atoms with van der Waals surface area (Å²) in [5, 5.41) is 28.4. The molecule has 0 amide bonds. The smallest absolute Gasteiger partial charge is 0.331 e. The van der Waals surface area contributed by atoms with Crippen molar-refractivity contribution in [3.05, 3.63) is 64.2 Å². The third-order valence-electron chi connectivity index (χ3n) is 5.84. The summed E-state index contributed by atoms with van der Waals surface area (Å²) in [5.41, 5.74) is 5.02. The Morgan fingerprint density at radius 1 is 1.13 bits per heavy atom. The van der Waals surface area contributed by atoms with Crippen molar-refractivity contribution in [3.63, 3.8) is 0 Å². The van der Waals surface area contributed by atoms with Crippen molar-refractivity contribution in [2.75, 3.05) is 0 Å². The van der Waals surface area contributed by atoms with E-state index in [4.69, 9.17) is 0 Å². The number of aliphatic hydroxyl groups is 1. The van der Waals surface area contributed by atoms with Crippen LogP contribution in [0, 0.1) is 5.92 Å². The molecule has 0 unspecified atom stereocenters. The van der Waals surface area contributed by atoms with E-state index in [1.807, 2.05) is 41.1 Å². The van der Waals surface area contributed by atoms with Gasteiger partial charge in [0.2, 0.25) is 5.88 Å². The van der Waals surface area contributed by atoms with Crippen molar-refractivity contribution in [3.8, 4) is 17.0 Å². The maximum Gasteiger partial charge on any atom is 0.331 e. The Morgan fingerprint density at radius 3 is 2.53 bits per heavy atom. The minimum Gasteiger partial charge on any atom is -0.493 e. The lowest BCUT2D eigenvalue weighted by Gasteiger charge is -2.10. The highest BCUT2D eigenvalue weighted by Gasteiger charge is 2.24. The van der Waals surface area contributed by atoms with E-state index in [1.54, 1.807) is 0 Å². The second kappa shape index (κ2) is 7.14. The first-order valence-electron chi connectivity index (χ1n) is 10.1. The predicted octanol–water partition coefficient (Wildman–Crippen LogP) is 2.25. The SMILES string of the molecule is Cn1c(O)cn(Cc2ccc(-c3ccc4c(nnn4CC4CC4)c3CO)cc2)c1=O. The Morgan fingerprint density at radius 2 is 1.90 bits per heavy atom. The number of rotatable bonds is 6. The molecule has 1 fully saturated rings. The summed E-state index contributed by atoms with van der Waals surface area (Å²) >= 11 is 0. The Balaban J connectivity index is 1.46. The predicted molar refractivity (Wildman–Crippen MR) is 112 cm³/mol. The normalized spacial score (nSPS) is 13.9. The van der Waals surface area contributed by atoms with E-state index in [0.29, 0.717) is 12.5 Å². The van der Waals surface area contributed by atoms with Gasteiger partial charge in [-0.3, -0.25) is 9.13 Å². The number of fused-ring (bicyclic) bond motifs is 1. The third kappa shape index (κ3) is 3.19. The molecule has 8 nitrogen and oxygen atoms in total. The molecule has 2 heterocycles. The zero-order chi connectivity index (χ0) is 20.8. The topological polar surface area (TPSA) is 98.1 Å². The van der Waals surface area contributed by atoms with Gasteiger partial charge in [0.1, 0.15) is 5.52 Å². The Labute approximate surface area is 172 Å². The first-order chi connectivity index (χ1) is 14.5. The fraction of sp³-hybridized carbons (Fsp3) is 0.318. The average Bonchev–Trinajstić information content (AvgIpc) is 3.44. The molecule has 2 N–H and O–H groups in total. The van der Waals surface area contributed by atoms with Crippen LogP contribution >= 0.6 is 0 Å². The molecule has 5 rings (SSSR count). The lowest BCUT2D eigenvalue weighted by Crippen LogP contribution is -2.22. The molecular weight excluding hydrogens is 382 g/mol. The van der Waals surface area contributed by atoms with Crippen LogP contribution in [0.5, 0.6) is 5.88 Å². The van der Waals surface area contributed by atoms with Crippen LogP contribution in [0.15, 0.2) is 47.4 Å². The Bertz CT molecular complexity index is 1280. The van der Waals surface area contributed by atoms with E-state index in [1.165, 1.54) is 35.2 Å². The lowest BCUT2D eigenvalue weighted by molar-refractivity contribution is 0.283. The molecule has 154 valence electrons.